The number of piperidine rings is 1. The zero-order valence-electron chi connectivity index (χ0n) is 23.3. The summed E-state index contributed by atoms with van der Waals surface area (Å²) in [5, 5.41) is 6.25. The van der Waals surface area contributed by atoms with E-state index in [-0.39, 0.29) is 23.3 Å². The molecule has 0 atom stereocenters. The van der Waals surface area contributed by atoms with Gasteiger partial charge in [0.25, 0.3) is 11.8 Å². The Morgan fingerprint density at radius 3 is 2.14 bits per heavy atom. The van der Waals surface area contributed by atoms with Crippen LogP contribution in [0.2, 0.25) is 0 Å². The van der Waals surface area contributed by atoms with E-state index in [1.807, 2.05) is 10.3 Å². The summed E-state index contributed by atoms with van der Waals surface area (Å²) < 4.78 is 39.1. The van der Waals surface area contributed by atoms with Crippen LogP contribution in [0.3, 0.4) is 0 Å². The van der Waals surface area contributed by atoms with Crippen LogP contribution in [0.4, 0.5) is 13.2 Å². The highest BCUT2D eigenvalue weighted by Gasteiger charge is 2.51. The number of hydrogen-bond donors (Lipinski definition) is 1. The summed E-state index contributed by atoms with van der Waals surface area (Å²) in [4.78, 5) is 33.4. The lowest BCUT2D eigenvalue weighted by Crippen LogP contribution is -2.59. The van der Waals surface area contributed by atoms with Gasteiger partial charge in [-0.2, -0.15) is 13.2 Å². The lowest BCUT2D eigenvalue weighted by Gasteiger charge is -2.56. The molecule has 8 rings (SSSR count). The molecule has 0 unspecified atom stereocenters. The fourth-order valence-electron chi connectivity index (χ4n) is 8.41. The van der Waals surface area contributed by atoms with Crippen molar-refractivity contribution < 1.29 is 22.8 Å². The Morgan fingerprint density at radius 1 is 0.905 bits per heavy atom. The molecule has 3 aromatic rings. The Labute approximate surface area is 247 Å². The zero-order chi connectivity index (χ0) is 29.1. The van der Waals surface area contributed by atoms with Gasteiger partial charge < -0.3 is 10.2 Å². The highest BCUT2D eigenvalue weighted by Crippen LogP contribution is 2.55. The van der Waals surface area contributed by atoms with Gasteiger partial charge in [0, 0.05) is 35.5 Å². The van der Waals surface area contributed by atoms with Crippen LogP contribution in [-0.2, 0) is 6.18 Å². The molecule has 5 fully saturated rings. The number of amides is 2. The first kappa shape index (κ1) is 27.6. The van der Waals surface area contributed by atoms with Gasteiger partial charge in [-0.1, -0.05) is 30.3 Å². The maximum atomic E-state index is 13.5. The molecular weight excluding hydrogens is 559 g/mol. The van der Waals surface area contributed by atoms with E-state index in [1.54, 1.807) is 24.3 Å². The number of alkyl halides is 3. The molecule has 4 aliphatic carbocycles. The van der Waals surface area contributed by atoms with Crippen LogP contribution in [0.5, 0.6) is 0 Å². The minimum Gasteiger partial charge on any atom is -0.345 e. The summed E-state index contributed by atoms with van der Waals surface area (Å²) in [7, 11) is 0. The first-order valence-electron chi connectivity index (χ1n) is 15.0. The van der Waals surface area contributed by atoms with Crippen LogP contribution < -0.4 is 5.32 Å². The molecule has 1 N–H and O–H groups in total. The second-order valence-corrected chi connectivity index (χ2v) is 13.8. The van der Waals surface area contributed by atoms with Crippen LogP contribution in [0.1, 0.15) is 88.7 Å². The first-order valence-corrected chi connectivity index (χ1v) is 15.9. The Bertz CT molecular complexity index is 1460. The van der Waals surface area contributed by atoms with Crippen molar-refractivity contribution in [3.05, 3.63) is 75.7 Å². The standard InChI is InChI=1S/C33H34F3N3O2S/c34-33(35,36)25-7-5-23(6-8-25)26-3-1-2-4-27(26)31(41)39-11-9-24(10-12-39)30-37-28(19-42-30)29(40)38-32-16-20-13-21(17-32)15-22(14-20)18-32/h1-8,19-22,24H,9-18H2,(H,38,40). The van der Waals surface area contributed by atoms with E-state index < -0.39 is 11.7 Å². The Balaban J connectivity index is 0.988. The van der Waals surface area contributed by atoms with E-state index in [9.17, 15) is 22.8 Å². The van der Waals surface area contributed by atoms with Crippen LogP contribution in [0.25, 0.3) is 11.1 Å². The molecule has 220 valence electrons. The quantitative estimate of drug-likeness (QED) is 0.332. The normalized spacial score (nSPS) is 27.3. The van der Waals surface area contributed by atoms with Gasteiger partial charge in [-0.3, -0.25) is 9.59 Å². The second-order valence-electron chi connectivity index (χ2n) is 12.9. The number of benzene rings is 2. The highest BCUT2D eigenvalue weighted by molar-refractivity contribution is 7.09. The Morgan fingerprint density at radius 2 is 1.52 bits per heavy atom. The lowest BCUT2D eigenvalue weighted by atomic mass is 9.53. The Hall–Kier alpha value is -3.20. The minimum absolute atomic E-state index is 0.0437. The van der Waals surface area contributed by atoms with Gasteiger partial charge >= 0.3 is 6.18 Å². The number of likely N-dealkylation sites (tertiary alicyclic amines) is 1. The summed E-state index contributed by atoms with van der Waals surface area (Å²) in [6, 6.07) is 12.0. The molecule has 0 spiro atoms. The van der Waals surface area contributed by atoms with Crippen molar-refractivity contribution in [3.8, 4) is 11.1 Å². The van der Waals surface area contributed by atoms with Crippen molar-refractivity contribution in [3.63, 3.8) is 0 Å². The topological polar surface area (TPSA) is 62.3 Å². The van der Waals surface area contributed by atoms with Gasteiger partial charge in [0.05, 0.1) is 10.6 Å². The van der Waals surface area contributed by atoms with Gasteiger partial charge in [0.1, 0.15) is 5.69 Å². The molecule has 5 nitrogen and oxygen atoms in total. The third-order valence-corrected chi connectivity index (χ3v) is 11.0. The molecule has 9 heteroatoms. The molecule has 4 bridgehead atoms. The number of thiazole rings is 1. The summed E-state index contributed by atoms with van der Waals surface area (Å²) in [5.74, 6) is 2.29. The van der Waals surface area contributed by atoms with Crippen molar-refractivity contribution >= 4 is 23.2 Å². The number of carbonyl (C=O) groups is 2. The van der Waals surface area contributed by atoms with Gasteiger partial charge in [0.2, 0.25) is 0 Å². The molecule has 1 aliphatic heterocycles. The van der Waals surface area contributed by atoms with Crippen molar-refractivity contribution in [2.75, 3.05) is 13.1 Å². The number of hydrogen-bond acceptors (Lipinski definition) is 4. The summed E-state index contributed by atoms with van der Waals surface area (Å²) in [6.45, 7) is 1.11. The molecule has 4 saturated carbocycles. The molecule has 2 aromatic carbocycles. The van der Waals surface area contributed by atoms with Crippen LogP contribution in [-0.4, -0.2) is 40.3 Å². The maximum Gasteiger partial charge on any atom is 0.416 e. The highest BCUT2D eigenvalue weighted by atomic mass is 32.1. The predicted molar refractivity (Wildman–Crippen MR) is 155 cm³/mol. The van der Waals surface area contributed by atoms with E-state index in [1.165, 1.54) is 42.7 Å². The molecular formula is C33H34F3N3O2S. The van der Waals surface area contributed by atoms with Gasteiger partial charge in [-0.05, 0) is 98.4 Å². The maximum absolute atomic E-state index is 13.5. The predicted octanol–water partition coefficient (Wildman–Crippen LogP) is 7.55. The third-order valence-electron chi connectivity index (χ3n) is 9.98. The van der Waals surface area contributed by atoms with Crippen LogP contribution >= 0.6 is 11.3 Å². The van der Waals surface area contributed by atoms with Crippen molar-refractivity contribution in [2.24, 2.45) is 17.8 Å². The number of rotatable bonds is 5. The van der Waals surface area contributed by atoms with E-state index in [4.69, 9.17) is 4.98 Å². The van der Waals surface area contributed by atoms with Crippen LogP contribution in [0.15, 0.2) is 53.9 Å². The van der Waals surface area contributed by atoms with Crippen molar-refractivity contribution in [1.29, 1.82) is 0 Å². The smallest absolute Gasteiger partial charge is 0.345 e. The fourth-order valence-corrected chi connectivity index (χ4v) is 9.38. The molecule has 2 amide bonds. The average molecular weight is 594 g/mol. The molecule has 1 aromatic heterocycles. The largest absolute Gasteiger partial charge is 0.416 e. The minimum atomic E-state index is -4.41. The van der Waals surface area contributed by atoms with Gasteiger partial charge in [-0.15, -0.1) is 11.3 Å². The van der Waals surface area contributed by atoms with Gasteiger partial charge in [0.15, 0.2) is 0 Å². The number of nitrogens with one attached hydrogen (secondary N) is 1. The van der Waals surface area contributed by atoms with Gasteiger partial charge in [-0.25, -0.2) is 4.98 Å². The monoisotopic (exact) mass is 593 g/mol. The zero-order valence-corrected chi connectivity index (χ0v) is 24.1. The third kappa shape index (κ3) is 5.25. The molecule has 2 heterocycles. The molecule has 42 heavy (non-hydrogen) atoms. The fraction of sp³-hybridized carbons (Fsp3) is 0.485. The first-order chi connectivity index (χ1) is 20.2. The average Bonchev–Trinajstić information content (AvgIpc) is 3.46. The van der Waals surface area contributed by atoms with Crippen molar-refractivity contribution in [2.45, 2.75) is 69.0 Å². The number of nitrogens with zero attached hydrogens (tertiary/aromatic N) is 2. The number of halogens is 3. The Kier molecular flexibility index (Phi) is 6.91. The van der Waals surface area contributed by atoms with E-state index in [0.29, 0.717) is 35.5 Å². The van der Waals surface area contributed by atoms with E-state index >= 15 is 0 Å². The molecule has 5 aliphatic rings. The van der Waals surface area contributed by atoms with E-state index in [2.05, 4.69) is 5.32 Å². The summed E-state index contributed by atoms with van der Waals surface area (Å²) in [6.07, 6.45) is 4.40. The van der Waals surface area contributed by atoms with Crippen molar-refractivity contribution in [1.82, 2.24) is 15.2 Å². The molecule has 1 saturated heterocycles. The lowest BCUT2D eigenvalue weighted by molar-refractivity contribution is -0.137. The number of carbonyl (C=O) groups excluding carboxylic acids is 2. The summed E-state index contributed by atoms with van der Waals surface area (Å²) >= 11 is 1.53. The number of aromatic nitrogens is 1. The second kappa shape index (κ2) is 10.5. The summed E-state index contributed by atoms with van der Waals surface area (Å²) in [5.41, 5.74) is 1.42. The van der Waals surface area contributed by atoms with Crippen LogP contribution in [0, 0.1) is 17.8 Å². The SMILES string of the molecule is O=C(NC12CC3CC(CC(C3)C1)C2)c1csc(C2CCN(C(=O)c3ccccc3-c3ccc(C(F)(F)F)cc3)CC2)n1. The molecule has 0 radical (unpaired) electrons. The van der Waals surface area contributed by atoms with E-state index in [0.717, 1.165) is 67.0 Å².